The largest absolute Gasteiger partial charge is 0.493 e. The van der Waals surface area contributed by atoms with E-state index in [-0.39, 0.29) is 5.91 Å². The van der Waals surface area contributed by atoms with Crippen LogP contribution in [0.4, 0.5) is 0 Å². The van der Waals surface area contributed by atoms with Crippen LogP contribution in [0.2, 0.25) is 0 Å². The molecule has 1 heterocycles. The zero-order chi connectivity index (χ0) is 15.1. The molecule has 0 saturated heterocycles. The molecule has 1 amide bonds. The van der Waals surface area contributed by atoms with E-state index in [9.17, 15) is 4.79 Å². The van der Waals surface area contributed by atoms with Gasteiger partial charge < -0.3 is 10.1 Å². The van der Waals surface area contributed by atoms with Gasteiger partial charge in [-0.05, 0) is 25.5 Å². The predicted octanol–water partition coefficient (Wildman–Crippen LogP) is 3.21. The highest BCUT2D eigenvalue weighted by atomic mass is 32.1. The number of aromatic nitrogens is 1. The standard InChI is InChI=1S/C16H20N2O2S/c1-3-10-20-15-7-5-4-6-14(15)16(19)17-9-8-13-11-21-12(2)18-13/h4-7,11H,3,8-10H2,1-2H3,(H,17,19). The van der Waals surface area contributed by atoms with E-state index in [0.29, 0.717) is 24.5 Å². The highest BCUT2D eigenvalue weighted by molar-refractivity contribution is 7.09. The fraction of sp³-hybridized carbons (Fsp3) is 0.375. The SMILES string of the molecule is CCCOc1ccccc1C(=O)NCCc1csc(C)n1. The number of aryl methyl sites for hydroxylation is 1. The second kappa shape index (κ2) is 7.78. The average Bonchev–Trinajstić information content (AvgIpc) is 2.91. The van der Waals surface area contributed by atoms with Crippen LogP contribution in [0.3, 0.4) is 0 Å². The van der Waals surface area contributed by atoms with Crippen LogP contribution in [0.15, 0.2) is 29.6 Å². The molecule has 0 saturated carbocycles. The van der Waals surface area contributed by atoms with Crippen molar-refractivity contribution < 1.29 is 9.53 Å². The van der Waals surface area contributed by atoms with E-state index in [1.807, 2.05) is 37.4 Å². The minimum absolute atomic E-state index is 0.103. The van der Waals surface area contributed by atoms with Crippen molar-refractivity contribution >= 4 is 17.2 Å². The van der Waals surface area contributed by atoms with Crippen LogP contribution < -0.4 is 10.1 Å². The summed E-state index contributed by atoms with van der Waals surface area (Å²) < 4.78 is 5.60. The van der Waals surface area contributed by atoms with E-state index in [2.05, 4.69) is 10.3 Å². The van der Waals surface area contributed by atoms with Crippen molar-refractivity contribution in [2.45, 2.75) is 26.7 Å². The molecule has 2 rings (SSSR count). The summed E-state index contributed by atoms with van der Waals surface area (Å²) in [5, 5.41) is 6.00. The number of nitrogens with zero attached hydrogens (tertiary/aromatic N) is 1. The highest BCUT2D eigenvalue weighted by Gasteiger charge is 2.11. The maximum absolute atomic E-state index is 12.2. The molecular weight excluding hydrogens is 284 g/mol. The number of hydrogen-bond acceptors (Lipinski definition) is 4. The fourth-order valence-corrected chi connectivity index (χ4v) is 2.56. The highest BCUT2D eigenvalue weighted by Crippen LogP contribution is 2.18. The van der Waals surface area contributed by atoms with E-state index in [1.54, 1.807) is 17.4 Å². The molecule has 0 aliphatic carbocycles. The van der Waals surface area contributed by atoms with Gasteiger partial charge in [-0.15, -0.1) is 11.3 Å². The first-order chi connectivity index (χ1) is 10.2. The van der Waals surface area contributed by atoms with Gasteiger partial charge in [0.2, 0.25) is 0 Å². The molecule has 0 unspecified atom stereocenters. The van der Waals surface area contributed by atoms with E-state index in [4.69, 9.17) is 4.74 Å². The number of carbonyl (C=O) groups is 1. The van der Waals surface area contributed by atoms with Gasteiger partial charge in [-0.1, -0.05) is 19.1 Å². The Balaban J connectivity index is 1.90. The average molecular weight is 304 g/mol. The van der Waals surface area contributed by atoms with Gasteiger partial charge in [0.25, 0.3) is 5.91 Å². The number of thiazole rings is 1. The molecule has 0 radical (unpaired) electrons. The first kappa shape index (κ1) is 15.5. The third kappa shape index (κ3) is 4.56. The smallest absolute Gasteiger partial charge is 0.255 e. The Morgan fingerprint density at radius 1 is 1.38 bits per heavy atom. The Labute approximate surface area is 129 Å². The Bertz CT molecular complexity index is 595. The van der Waals surface area contributed by atoms with Crippen LogP contribution in [0.5, 0.6) is 5.75 Å². The summed E-state index contributed by atoms with van der Waals surface area (Å²) in [6.45, 7) is 5.21. The molecule has 4 nitrogen and oxygen atoms in total. The van der Waals surface area contributed by atoms with Crippen LogP contribution in [-0.4, -0.2) is 24.0 Å². The third-order valence-corrected chi connectivity index (χ3v) is 3.75. The second-order valence-corrected chi connectivity index (χ2v) is 5.77. The summed E-state index contributed by atoms with van der Waals surface area (Å²) >= 11 is 1.63. The van der Waals surface area contributed by atoms with Crippen LogP contribution >= 0.6 is 11.3 Å². The molecule has 0 fully saturated rings. The van der Waals surface area contributed by atoms with Crippen molar-refractivity contribution in [1.29, 1.82) is 0 Å². The molecule has 1 aromatic heterocycles. The van der Waals surface area contributed by atoms with Gasteiger partial charge in [-0.2, -0.15) is 0 Å². The molecular formula is C16H20N2O2S. The number of ether oxygens (including phenoxy) is 1. The van der Waals surface area contributed by atoms with Crippen molar-refractivity contribution in [2.75, 3.05) is 13.2 Å². The third-order valence-electron chi connectivity index (χ3n) is 2.93. The quantitative estimate of drug-likeness (QED) is 0.854. The molecule has 21 heavy (non-hydrogen) atoms. The minimum Gasteiger partial charge on any atom is -0.493 e. The molecule has 1 N–H and O–H groups in total. The van der Waals surface area contributed by atoms with Gasteiger partial charge in [0.15, 0.2) is 0 Å². The fourth-order valence-electron chi connectivity index (χ4n) is 1.91. The summed E-state index contributed by atoms with van der Waals surface area (Å²) in [5.41, 5.74) is 1.61. The summed E-state index contributed by atoms with van der Waals surface area (Å²) in [5.74, 6) is 0.537. The van der Waals surface area contributed by atoms with Crippen molar-refractivity contribution in [2.24, 2.45) is 0 Å². The van der Waals surface area contributed by atoms with E-state index in [1.165, 1.54) is 0 Å². The molecule has 0 atom stereocenters. The van der Waals surface area contributed by atoms with Crippen LogP contribution in [0, 0.1) is 6.92 Å². The molecule has 0 bridgehead atoms. The number of para-hydroxylation sites is 1. The van der Waals surface area contributed by atoms with Gasteiger partial charge >= 0.3 is 0 Å². The summed E-state index contributed by atoms with van der Waals surface area (Å²) in [7, 11) is 0. The lowest BCUT2D eigenvalue weighted by Gasteiger charge is -2.10. The van der Waals surface area contributed by atoms with E-state index >= 15 is 0 Å². The van der Waals surface area contributed by atoms with Crippen molar-refractivity contribution in [3.63, 3.8) is 0 Å². The lowest BCUT2D eigenvalue weighted by molar-refractivity contribution is 0.0950. The number of benzene rings is 1. The van der Waals surface area contributed by atoms with Gasteiger partial charge in [-0.3, -0.25) is 4.79 Å². The Morgan fingerprint density at radius 3 is 2.90 bits per heavy atom. The normalized spacial score (nSPS) is 10.4. The van der Waals surface area contributed by atoms with E-state index in [0.717, 1.165) is 23.5 Å². The molecule has 1 aromatic carbocycles. The summed E-state index contributed by atoms with van der Waals surface area (Å²) in [6.07, 6.45) is 1.66. The number of nitrogens with one attached hydrogen (secondary N) is 1. The number of hydrogen-bond donors (Lipinski definition) is 1. The number of amides is 1. The maximum atomic E-state index is 12.2. The lowest BCUT2D eigenvalue weighted by atomic mass is 10.2. The van der Waals surface area contributed by atoms with Crippen molar-refractivity contribution in [1.82, 2.24) is 10.3 Å². The Hall–Kier alpha value is -1.88. The zero-order valence-electron chi connectivity index (χ0n) is 12.4. The Morgan fingerprint density at radius 2 is 2.19 bits per heavy atom. The van der Waals surface area contributed by atoms with Crippen molar-refractivity contribution in [3.8, 4) is 5.75 Å². The molecule has 2 aromatic rings. The van der Waals surface area contributed by atoms with Gasteiger partial charge in [0.05, 0.1) is 22.9 Å². The maximum Gasteiger partial charge on any atom is 0.255 e. The van der Waals surface area contributed by atoms with Crippen LogP contribution in [0.1, 0.15) is 34.4 Å². The van der Waals surface area contributed by atoms with Gasteiger partial charge in [0, 0.05) is 18.3 Å². The number of rotatable bonds is 7. The first-order valence-electron chi connectivity index (χ1n) is 7.11. The molecule has 0 aliphatic rings. The minimum atomic E-state index is -0.103. The summed E-state index contributed by atoms with van der Waals surface area (Å²) in [6, 6.07) is 7.33. The first-order valence-corrected chi connectivity index (χ1v) is 7.99. The summed E-state index contributed by atoms with van der Waals surface area (Å²) in [4.78, 5) is 16.6. The van der Waals surface area contributed by atoms with Gasteiger partial charge in [0.1, 0.15) is 5.75 Å². The van der Waals surface area contributed by atoms with Crippen LogP contribution in [-0.2, 0) is 6.42 Å². The second-order valence-electron chi connectivity index (χ2n) is 4.71. The number of carbonyl (C=O) groups excluding carboxylic acids is 1. The predicted molar refractivity (Wildman–Crippen MR) is 85.1 cm³/mol. The van der Waals surface area contributed by atoms with Crippen LogP contribution in [0.25, 0.3) is 0 Å². The topological polar surface area (TPSA) is 51.2 Å². The molecule has 112 valence electrons. The molecule has 0 spiro atoms. The van der Waals surface area contributed by atoms with Crippen molar-refractivity contribution in [3.05, 3.63) is 45.9 Å². The lowest BCUT2D eigenvalue weighted by Crippen LogP contribution is -2.26. The molecule has 0 aliphatic heterocycles. The molecule has 5 heteroatoms. The van der Waals surface area contributed by atoms with E-state index < -0.39 is 0 Å². The Kier molecular flexibility index (Phi) is 5.75. The van der Waals surface area contributed by atoms with Gasteiger partial charge in [-0.25, -0.2) is 4.98 Å². The monoisotopic (exact) mass is 304 g/mol. The zero-order valence-corrected chi connectivity index (χ0v) is 13.2.